The molecule has 3 heterocycles. The molecule has 0 radical (unpaired) electrons. The van der Waals surface area contributed by atoms with Gasteiger partial charge in [-0.1, -0.05) is 35.7 Å². The van der Waals surface area contributed by atoms with Gasteiger partial charge in [0.05, 0.1) is 6.04 Å². The van der Waals surface area contributed by atoms with Crippen LogP contribution in [0.4, 0.5) is 0 Å². The first-order valence-corrected chi connectivity index (χ1v) is 8.90. The average Bonchev–Trinajstić information content (AvgIpc) is 3.20. The Kier molecular flexibility index (Phi) is 4.44. The molecule has 1 fully saturated rings. The summed E-state index contributed by atoms with van der Waals surface area (Å²) in [7, 11) is 0. The van der Waals surface area contributed by atoms with Crippen molar-refractivity contribution in [2.75, 3.05) is 6.54 Å². The molecule has 6 nitrogen and oxygen atoms in total. The Morgan fingerprint density at radius 1 is 1.28 bits per heavy atom. The third-order valence-electron chi connectivity index (χ3n) is 4.79. The maximum absolute atomic E-state index is 13.0. The number of aromatic nitrogens is 3. The number of likely N-dealkylation sites (tertiary alicyclic amines) is 1. The van der Waals surface area contributed by atoms with Crippen LogP contribution in [0.2, 0.25) is 5.02 Å². The maximum atomic E-state index is 13.0. The molecule has 0 spiro atoms. The van der Waals surface area contributed by atoms with Crippen molar-refractivity contribution < 1.29 is 9.32 Å². The molecule has 0 bridgehead atoms. The summed E-state index contributed by atoms with van der Waals surface area (Å²) < 4.78 is 6.84. The quantitative estimate of drug-likeness (QED) is 0.714. The molecular weight excluding hydrogens is 340 g/mol. The summed E-state index contributed by atoms with van der Waals surface area (Å²) in [5.41, 5.74) is 0.965. The summed E-state index contributed by atoms with van der Waals surface area (Å²) in [6.07, 6.45) is 7.29. The standard InChI is InChI=1S/C18H19ClN4O2/c19-14-6-5-13-7-9-22(16(13)10-14)11-17(24)23-8-3-1-2-4-15(23)18-20-12-25-21-18/h5-7,9-10,12,15H,1-4,8,11H2. The lowest BCUT2D eigenvalue weighted by Gasteiger charge is -2.28. The molecule has 1 aliphatic rings. The van der Waals surface area contributed by atoms with E-state index in [9.17, 15) is 4.79 Å². The van der Waals surface area contributed by atoms with Crippen molar-refractivity contribution in [1.82, 2.24) is 19.6 Å². The van der Waals surface area contributed by atoms with Crippen molar-refractivity contribution in [3.8, 4) is 0 Å². The van der Waals surface area contributed by atoms with E-state index in [0.29, 0.717) is 10.8 Å². The first-order valence-electron chi connectivity index (χ1n) is 8.52. The van der Waals surface area contributed by atoms with Gasteiger partial charge in [0.2, 0.25) is 12.3 Å². The molecule has 1 aliphatic heterocycles. The first kappa shape index (κ1) is 16.1. The molecule has 1 unspecified atom stereocenters. The van der Waals surface area contributed by atoms with Gasteiger partial charge < -0.3 is 14.0 Å². The van der Waals surface area contributed by atoms with Crippen molar-refractivity contribution >= 4 is 28.4 Å². The Balaban J connectivity index is 1.60. The summed E-state index contributed by atoms with van der Waals surface area (Å²) in [4.78, 5) is 19.1. The zero-order chi connectivity index (χ0) is 17.2. The number of hydrogen-bond donors (Lipinski definition) is 0. The minimum absolute atomic E-state index is 0.0641. The van der Waals surface area contributed by atoms with Gasteiger partial charge in [-0.15, -0.1) is 0 Å². The predicted octanol–water partition coefficient (Wildman–Crippen LogP) is 3.82. The molecule has 7 heteroatoms. The summed E-state index contributed by atoms with van der Waals surface area (Å²) in [5.74, 6) is 0.657. The number of carbonyl (C=O) groups excluding carboxylic acids is 1. The van der Waals surface area contributed by atoms with Gasteiger partial charge in [-0.2, -0.15) is 4.98 Å². The average molecular weight is 359 g/mol. The molecule has 0 saturated carbocycles. The second kappa shape index (κ2) is 6.88. The van der Waals surface area contributed by atoms with Gasteiger partial charge in [0.25, 0.3) is 0 Å². The second-order valence-electron chi connectivity index (χ2n) is 6.39. The Hall–Kier alpha value is -2.34. The van der Waals surface area contributed by atoms with E-state index in [1.807, 2.05) is 39.9 Å². The summed E-state index contributed by atoms with van der Waals surface area (Å²) >= 11 is 6.11. The highest BCUT2D eigenvalue weighted by atomic mass is 35.5. The topological polar surface area (TPSA) is 64.2 Å². The molecule has 0 N–H and O–H groups in total. The van der Waals surface area contributed by atoms with Crippen LogP contribution in [0.15, 0.2) is 41.4 Å². The van der Waals surface area contributed by atoms with E-state index in [-0.39, 0.29) is 18.5 Å². The second-order valence-corrected chi connectivity index (χ2v) is 6.82. The molecule has 1 atom stereocenters. The fourth-order valence-corrected chi connectivity index (χ4v) is 3.70. The minimum Gasteiger partial charge on any atom is -0.343 e. The van der Waals surface area contributed by atoms with E-state index in [2.05, 4.69) is 10.1 Å². The Labute approximate surface area is 150 Å². The number of fused-ring (bicyclic) bond motifs is 1. The molecule has 2 aromatic heterocycles. The molecule has 1 aromatic carbocycles. The zero-order valence-corrected chi connectivity index (χ0v) is 14.5. The fourth-order valence-electron chi connectivity index (χ4n) is 3.53. The van der Waals surface area contributed by atoms with E-state index >= 15 is 0 Å². The van der Waals surface area contributed by atoms with Crippen LogP contribution in [0.3, 0.4) is 0 Å². The van der Waals surface area contributed by atoms with Crippen LogP contribution < -0.4 is 0 Å². The summed E-state index contributed by atoms with van der Waals surface area (Å²) in [6.45, 7) is 0.996. The lowest BCUT2D eigenvalue weighted by molar-refractivity contribution is -0.134. The molecule has 25 heavy (non-hydrogen) atoms. The molecule has 1 saturated heterocycles. The highest BCUT2D eigenvalue weighted by Crippen LogP contribution is 2.29. The smallest absolute Gasteiger partial charge is 0.243 e. The lowest BCUT2D eigenvalue weighted by atomic mass is 10.1. The van der Waals surface area contributed by atoms with Crippen LogP contribution in [0.1, 0.15) is 37.5 Å². The van der Waals surface area contributed by atoms with E-state index in [4.69, 9.17) is 16.1 Å². The van der Waals surface area contributed by atoms with Gasteiger partial charge in [-0.3, -0.25) is 4.79 Å². The van der Waals surface area contributed by atoms with Gasteiger partial charge in [0.1, 0.15) is 6.54 Å². The Bertz CT molecular complexity index is 874. The van der Waals surface area contributed by atoms with Gasteiger partial charge in [-0.05, 0) is 36.4 Å². The SMILES string of the molecule is O=C(Cn1ccc2ccc(Cl)cc21)N1CCCCCC1c1ncon1. The molecule has 3 aromatic rings. The maximum Gasteiger partial charge on any atom is 0.243 e. The van der Waals surface area contributed by atoms with Crippen molar-refractivity contribution in [2.45, 2.75) is 38.3 Å². The number of benzene rings is 1. The van der Waals surface area contributed by atoms with Crippen LogP contribution in [-0.2, 0) is 11.3 Å². The summed E-state index contributed by atoms with van der Waals surface area (Å²) in [5, 5.41) is 5.71. The van der Waals surface area contributed by atoms with E-state index < -0.39 is 0 Å². The number of amides is 1. The lowest BCUT2D eigenvalue weighted by Crippen LogP contribution is -2.37. The van der Waals surface area contributed by atoms with E-state index in [0.717, 1.165) is 43.1 Å². The molecule has 130 valence electrons. The Morgan fingerprint density at radius 3 is 3.04 bits per heavy atom. The Morgan fingerprint density at radius 2 is 2.20 bits per heavy atom. The number of carbonyl (C=O) groups is 1. The largest absolute Gasteiger partial charge is 0.343 e. The monoisotopic (exact) mass is 358 g/mol. The highest BCUT2D eigenvalue weighted by molar-refractivity contribution is 6.31. The van der Waals surface area contributed by atoms with Crippen molar-refractivity contribution in [1.29, 1.82) is 0 Å². The van der Waals surface area contributed by atoms with Gasteiger partial charge in [0, 0.05) is 23.3 Å². The van der Waals surface area contributed by atoms with Crippen LogP contribution in [0.5, 0.6) is 0 Å². The zero-order valence-electron chi connectivity index (χ0n) is 13.8. The van der Waals surface area contributed by atoms with Gasteiger partial charge in [-0.25, -0.2) is 0 Å². The van der Waals surface area contributed by atoms with Crippen molar-refractivity contribution in [3.05, 3.63) is 47.7 Å². The number of rotatable bonds is 3. The molecule has 1 amide bonds. The predicted molar refractivity (Wildman–Crippen MR) is 94.2 cm³/mol. The fraction of sp³-hybridized carbons (Fsp3) is 0.389. The number of nitrogens with zero attached hydrogens (tertiary/aromatic N) is 4. The van der Waals surface area contributed by atoms with Crippen molar-refractivity contribution in [3.63, 3.8) is 0 Å². The summed E-state index contributed by atoms with van der Waals surface area (Å²) in [6, 6.07) is 7.60. The van der Waals surface area contributed by atoms with E-state index in [1.54, 1.807) is 0 Å². The number of halogens is 1. The normalized spacial score (nSPS) is 18.4. The van der Waals surface area contributed by atoms with Gasteiger partial charge in [0.15, 0.2) is 5.82 Å². The van der Waals surface area contributed by atoms with Crippen LogP contribution in [-0.4, -0.2) is 32.1 Å². The third-order valence-corrected chi connectivity index (χ3v) is 5.03. The minimum atomic E-state index is -0.112. The number of hydrogen-bond acceptors (Lipinski definition) is 4. The van der Waals surface area contributed by atoms with Crippen molar-refractivity contribution in [2.24, 2.45) is 0 Å². The van der Waals surface area contributed by atoms with E-state index in [1.165, 1.54) is 6.39 Å². The highest BCUT2D eigenvalue weighted by Gasteiger charge is 2.29. The van der Waals surface area contributed by atoms with Crippen LogP contribution in [0.25, 0.3) is 10.9 Å². The molecule has 4 rings (SSSR count). The third kappa shape index (κ3) is 3.26. The van der Waals surface area contributed by atoms with Gasteiger partial charge >= 0.3 is 0 Å². The van der Waals surface area contributed by atoms with Crippen LogP contribution in [0, 0.1) is 0 Å². The van der Waals surface area contributed by atoms with Crippen LogP contribution >= 0.6 is 11.6 Å². The first-order chi connectivity index (χ1) is 12.2. The molecule has 0 aliphatic carbocycles. The molecular formula is C18H19ClN4O2.